The number of carbonyl (C=O) groups excluding carboxylic acids is 1. The molecule has 0 aliphatic heterocycles. The normalized spacial score (nSPS) is 38.9. The van der Waals surface area contributed by atoms with Crippen molar-refractivity contribution in [2.75, 3.05) is 0 Å². The fourth-order valence-electron chi connectivity index (χ4n) is 5.02. The largest absolute Gasteiger partial charge is 0.390 e. The average Bonchev–Trinajstić information content (AvgIpc) is 2.83. The maximum absolute atomic E-state index is 12.8. The predicted molar refractivity (Wildman–Crippen MR) is 88.6 cm³/mol. The second-order valence-electron chi connectivity index (χ2n) is 7.65. The van der Waals surface area contributed by atoms with Gasteiger partial charge in [0.15, 0.2) is 0 Å². The minimum absolute atomic E-state index is 0.0602. The number of aliphatic hydroxyl groups excluding tert-OH is 1. The van der Waals surface area contributed by atoms with E-state index in [4.69, 9.17) is 5.73 Å². The maximum atomic E-state index is 12.8. The summed E-state index contributed by atoms with van der Waals surface area (Å²) in [5.41, 5.74) is 8.54. The number of nitrogens with two attached hydrogens (primary N) is 1. The topological polar surface area (TPSA) is 75.4 Å². The summed E-state index contributed by atoms with van der Waals surface area (Å²) in [7, 11) is 0. The highest BCUT2D eigenvalue weighted by atomic mass is 16.3. The third-order valence-corrected chi connectivity index (χ3v) is 6.29. The Kier molecular flexibility index (Phi) is 3.90. The summed E-state index contributed by atoms with van der Waals surface area (Å²) in [6.07, 6.45) is 5.52. The molecule has 2 fully saturated rings. The Morgan fingerprint density at radius 3 is 2.61 bits per heavy atom. The van der Waals surface area contributed by atoms with Crippen LogP contribution in [0.4, 0.5) is 0 Å². The summed E-state index contributed by atoms with van der Waals surface area (Å²) in [6, 6.07) is 8.04. The number of amides is 1. The first-order chi connectivity index (χ1) is 11.1. The van der Waals surface area contributed by atoms with Crippen LogP contribution in [0, 0.1) is 17.8 Å². The summed E-state index contributed by atoms with van der Waals surface area (Å²) < 4.78 is 0. The van der Waals surface area contributed by atoms with Crippen molar-refractivity contribution < 1.29 is 9.90 Å². The molecule has 4 rings (SSSR count). The molecule has 1 aromatic rings. The number of aliphatic hydroxyl groups is 1. The Balaban J connectivity index is 1.46. The Morgan fingerprint density at radius 2 is 1.87 bits per heavy atom. The smallest absolute Gasteiger partial charge is 0.223 e. The molecule has 1 amide bonds. The number of carbonyl (C=O) groups is 1. The van der Waals surface area contributed by atoms with Crippen molar-refractivity contribution in [2.45, 2.75) is 56.7 Å². The summed E-state index contributed by atoms with van der Waals surface area (Å²) in [4.78, 5) is 12.8. The van der Waals surface area contributed by atoms with E-state index in [0.29, 0.717) is 18.3 Å². The van der Waals surface area contributed by atoms with Gasteiger partial charge in [-0.05, 0) is 48.6 Å². The molecule has 4 atom stereocenters. The van der Waals surface area contributed by atoms with Crippen LogP contribution in [0.15, 0.2) is 24.3 Å². The molecular formula is C19H26N2O2. The minimum atomic E-state index is -0.512. The van der Waals surface area contributed by atoms with Gasteiger partial charge in [-0.3, -0.25) is 4.79 Å². The molecule has 2 unspecified atom stereocenters. The molecule has 3 aliphatic carbocycles. The minimum Gasteiger partial charge on any atom is -0.390 e. The maximum Gasteiger partial charge on any atom is 0.223 e. The Bertz CT molecular complexity index is 589. The third kappa shape index (κ3) is 2.68. The molecule has 4 heteroatoms. The first-order valence-electron chi connectivity index (χ1n) is 8.95. The molecule has 23 heavy (non-hydrogen) atoms. The van der Waals surface area contributed by atoms with Gasteiger partial charge < -0.3 is 16.2 Å². The lowest BCUT2D eigenvalue weighted by molar-refractivity contribution is -0.129. The number of fused-ring (bicyclic) bond motifs is 3. The highest BCUT2D eigenvalue weighted by molar-refractivity contribution is 5.79. The van der Waals surface area contributed by atoms with Crippen molar-refractivity contribution in [1.29, 1.82) is 0 Å². The SMILES string of the molecule is NC1C2CCCC1CC(C(=O)N[C@H]1c3ccccc3C[C@H]1O)C2. The summed E-state index contributed by atoms with van der Waals surface area (Å²) in [5, 5.41) is 13.5. The predicted octanol–water partition coefficient (Wildman–Crippen LogP) is 1.91. The van der Waals surface area contributed by atoms with Crippen LogP contribution in [0.1, 0.15) is 49.3 Å². The zero-order chi connectivity index (χ0) is 16.0. The zero-order valence-electron chi connectivity index (χ0n) is 13.4. The van der Waals surface area contributed by atoms with Gasteiger partial charge in [-0.1, -0.05) is 30.7 Å². The lowest BCUT2D eigenvalue weighted by Gasteiger charge is -2.43. The van der Waals surface area contributed by atoms with Gasteiger partial charge in [0, 0.05) is 18.4 Å². The molecule has 0 saturated heterocycles. The molecular weight excluding hydrogens is 288 g/mol. The van der Waals surface area contributed by atoms with E-state index in [1.54, 1.807) is 0 Å². The van der Waals surface area contributed by atoms with Gasteiger partial charge in [0.05, 0.1) is 12.1 Å². The quantitative estimate of drug-likeness (QED) is 0.780. The first-order valence-corrected chi connectivity index (χ1v) is 8.95. The van der Waals surface area contributed by atoms with E-state index in [9.17, 15) is 9.90 Å². The highest BCUT2D eigenvalue weighted by Gasteiger charge is 2.41. The first kappa shape index (κ1) is 15.2. The Morgan fingerprint density at radius 1 is 1.17 bits per heavy atom. The second-order valence-corrected chi connectivity index (χ2v) is 7.65. The van der Waals surface area contributed by atoms with E-state index in [1.165, 1.54) is 6.42 Å². The summed E-state index contributed by atoms with van der Waals surface area (Å²) in [6.45, 7) is 0. The van der Waals surface area contributed by atoms with Crippen LogP contribution in [0.5, 0.6) is 0 Å². The van der Waals surface area contributed by atoms with Crippen LogP contribution in [0.25, 0.3) is 0 Å². The van der Waals surface area contributed by atoms with Crippen molar-refractivity contribution in [3.8, 4) is 0 Å². The van der Waals surface area contributed by atoms with Crippen molar-refractivity contribution in [3.05, 3.63) is 35.4 Å². The number of nitrogens with one attached hydrogen (secondary N) is 1. The summed E-state index contributed by atoms with van der Waals surface area (Å²) in [5.74, 6) is 1.16. The van der Waals surface area contributed by atoms with Crippen molar-refractivity contribution in [2.24, 2.45) is 23.5 Å². The number of rotatable bonds is 2. The lowest BCUT2D eigenvalue weighted by atomic mass is 9.65. The fraction of sp³-hybridized carbons (Fsp3) is 0.632. The van der Waals surface area contributed by atoms with Gasteiger partial charge in [-0.15, -0.1) is 0 Å². The van der Waals surface area contributed by atoms with Gasteiger partial charge in [-0.2, -0.15) is 0 Å². The molecule has 3 aliphatic rings. The van der Waals surface area contributed by atoms with E-state index < -0.39 is 6.10 Å². The van der Waals surface area contributed by atoms with E-state index in [-0.39, 0.29) is 23.9 Å². The van der Waals surface area contributed by atoms with E-state index >= 15 is 0 Å². The molecule has 4 N–H and O–H groups in total. The second kappa shape index (κ2) is 5.91. The Hall–Kier alpha value is -1.39. The monoisotopic (exact) mass is 314 g/mol. The van der Waals surface area contributed by atoms with Crippen LogP contribution in [-0.4, -0.2) is 23.2 Å². The molecule has 2 bridgehead atoms. The van der Waals surface area contributed by atoms with Crippen LogP contribution in [0.3, 0.4) is 0 Å². The standard InChI is InChI=1S/C19H26N2O2/c20-17-12-5-3-6-13(17)9-14(8-12)19(23)21-18-15-7-2-1-4-11(15)10-16(18)22/h1-2,4,7,12-14,16-18,22H,3,5-6,8-10,20H2,(H,21,23)/t12?,13?,14?,16-,17?,18+/m1/s1. The number of hydrogen-bond acceptors (Lipinski definition) is 3. The lowest BCUT2D eigenvalue weighted by Crippen LogP contribution is -2.49. The van der Waals surface area contributed by atoms with Crippen molar-refractivity contribution in [3.63, 3.8) is 0 Å². The fourth-order valence-corrected chi connectivity index (χ4v) is 5.02. The van der Waals surface area contributed by atoms with Crippen LogP contribution in [0.2, 0.25) is 0 Å². The van der Waals surface area contributed by atoms with Crippen LogP contribution in [-0.2, 0) is 11.2 Å². The Labute approximate surface area is 137 Å². The van der Waals surface area contributed by atoms with Crippen molar-refractivity contribution in [1.82, 2.24) is 5.32 Å². The molecule has 124 valence electrons. The molecule has 0 aromatic heterocycles. The van der Waals surface area contributed by atoms with E-state index in [0.717, 1.165) is 36.8 Å². The summed E-state index contributed by atoms with van der Waals surface area (Å²) >= 11 is 0. The van der Waals surface area contributed by atoms with Gasteiger partial charge in [0.2, 0.25) is 5.91 Å². The molecule has 0 radical (unpaired) electrons. The molecule has 4 nitrogen and oxygen atoms in total. The molecule has 0 spiro atoms. The van der Waals surface area contributed by atoms with Crippen LogP contribution < -0.4 is 11.1 Å². The van der Waals surface area contributed by atoms with Gasteiger partial charge in [0.25, 0.3) is 0 Å². The number of hydrogen-bond donors (Lipinski definition) is 3. The molecule has 1 aromatic carbocycles. The van der Waals surface area contributed by atoms with Gasteiger partial charge in [-0.25, -0.2) is 0 Å². The average molecular weight is 314 g/mol. The molecule has 2 saturated carbocycles. The third-order valence-electron chi connectivity index (χ3n) is 6.29. The van der Waals surface area contributed by atoms with E-state index in [2.05, 4.69) is 5.32 Å². The van der Waals surface area contributed by atoms with Gasteiger partial charge >= 0.3 is 0 Å². The van der Waals surface area contributed by atoms with Crippen molar-refractivity contribution >= 4 is 5.91 Å². The highest BCUT2D eigenvalue weighted by Crippen LogP contribution is 2.42. The molecule has 0 heterocycles. The number of benzene rings is 1. The zero-order valence-corrected chi connectivity index (χ0v) is 13.4. The van der Waals surface area contributed by atoms with Crippen LogP contribution >= 0.6 is 0 Å². The van der Waals surface area contributed by atoms with E-state index in [1.807, 2.05) is 24.3 Å². The van der Waals surface area contributed by atoms with Gasteiger partial charge in [0.1, 0.15) is 0 Å².